The number of nitrogens with one attached hydrogen (secondary N) is 1. The molecule has 8 nitrogen and oxygen atoms in total. The third-order valence-electron chi connectivity index (χ3n) is 7.00. The topological polar surface area (TPSA) is 90.0 Å². The summed E-state index contributed by atoms with van der Waals surface area (Å²) in [4.78, 5) is 56.2. The zero-order valence-corrected chi connectivity index (χ0v) is 19.1. The van der Waals surface area contributed by atoms with E-state index in [9.17, 15) is 19.2 Å². The number of fused-ring (bicyclic) bond motifs is 4. The van der Waals surface area contributed by atoms with Gasteiger partial charge in [-0.3, -0.25) is 24.2 Å². The predicted octanol–water partition coefficient (Wildman–Crippen LogP) is 3.15. The Balaban J connectivity index is 1.54. The first kappa shape index (κ1) is 21.5. The van der Waals surface area contributed by atoms with Crippen LogP contribution in [0.3, 0.4) is 0 Å². The van der Waals surface area contributed by atoms with Crippen LogP contribution in [0.15, 0.2) is 42.5 Å². The van der Waals surface area contributed by atoms with Crippen molar-refractivity contribution >= 4 is 46.7 Å². The predicted molar refractivity (Wildman–Crippen MR) is 123 cm³/mol. The van der Waals surface area contributed by atoms with Gasteiger partial charge in [0.15, 0.2) is 5.41 Å². The molecule has 170 valence electrons. The molecule has 2 fully saturated rings. The number of urea groups is 1. The molecular weight excluding hydrogens is 444 g/mol. The number of barbiturate groups is 1. The number of rotatable bonds is 2. The van der Waals surface area contributed by atoms with Crippen molar-refractivity contribution in [1.29, 1.82) is 0 Å². The highest BCUT2D eigenvalue weighted by atomic mass is 35.5. The second-order valence-corrected chi connectivity index (χ2v) is 9.20. The van der Waals surface area contributed by atoms with Crippen LogP contribution in [0.1, 0.15) is 28.8 Å². The molecule has 0 bridgehead atoms. The normalized spacial score (nSPS) is 21.4. The number of halogens is 1. The molecule has 2 saturated heterocycles. The van der Waals surface area contributed by atoms with Crippen LogP contribution in [0.2, 0.25) is 5.02 Å². The quantitative estimate of drug-likeness (QED) is 0.687. The van der Waals surface area contributed by atoms with Crippen LogP contribution in [0, 0.1) is 5.41 Å². The van der Waals surface area contributed by atoms with E-state index in [0.717, 1.165) is 27.5 Å². The molecule has 2 aromatic rings. The molecule has 0 saturated carbocycles. The molecular formula is C24H23ClN4O4. The minimum atomic E-state index is -1.37. The number of hydrogen-bond donors (Lipinski definition) is 1. The van der Waals surface area contributed by atoms with Gasteiger partial charge in [-0.05, 0) is 55.2 Å². The van der Waals surface area contributed by atoms with Crippen LogP contribution in [-0.4, -0.2) is 60.2 Å². The lowest BCUT2D eigenvalue weighted by atomic mass is 9.68. The van der Waals surface area contributed by atoms with Gasteiger partial charge in [-0.2, -0.15) is 0 Å². The van der Waals surface area contributed by atoms with E-state index in [4.69, 9.17) is 11.6 Å². The van der Waals surface area contributed by atoms with E-state index in [2.05, 4.69) is 10.2 Å². The SMILES string of the molecule is CN1C(=O)N(C)C(=O)C2(Cc3cc(NC(=O)c4ccccc4Cl)ccc3N3CCC[C@H]32)C1=O. The van der Waals surface area contributed by atoms with E-state index < -0.39 is 23.3 Å². The fraction of sp³-hybridized carbons (Fsp3) is 0.333. The van der Waals surface area contributed by atoms with Crippen molar-refractivity contribution in [2.24, 2.45) is 5.41 Å². The van der Waals surface area contributed by atoms with Crippen molar-refractivity contribution < 1.29 is 19.2 Å². The Morgan fingerprint density at radius 1 is 1.06 bits per heavy atom. The summed E-state index contributed by atoms with van der Waals surface area (Å²) >= 11 is 6.15. The second kappa shape index (κ2) is 7.59. The van der Waals surface area contributed by atoms with Gasteiger partial charge >= 0.3 is 6.03 Å². The number of carbonyl (C=O) groups is 4. The van der Waals surface area contributed by atoms with Gasteiger partial charge in [0.05, 0.1) is 16.6 Å². The maximum Gasteiger partial charge on any atom is 0.332 e. The third kappa shape index (κ3) is 3.04. The molecule has 5 amide bonds. The zero-order valence-electron chi connectivity index (χ0n) is 18.3. The summed E-state index contributed by atoms with van der Waals surface area (Å²) in [6, 6.07) is 11.4. The van der Waals surface area contributed by atoms with Crippen molar-refractivity contribution in [3.63, 3.8) is 0 Å². The van der Waals surface area contributed by atoms with Crippen LogP contribution in [0.4, 0.5) is 16.2 Å². The third-order valence-corrected chi connectivity index (χ3v) is 7.33. The number of imide groups is 2. The molecule has 5 rings (SSSR count). The van der Waals surface area contributed by atoms with Gasteiger partial charge in [0.2, 0.25) is 11.8 Å². The summed E-state index contributed by atoms with van der Waals surface area (Å²) in [5.41, 5.74) is 1.25. The van der Waals surface area contributed by atoms with Crippen LogP contribution < -0.4 is 10.2 Å². The van der Waals surface area contributed by atoms with Gasteiger partial charge in [0, 0.05) is 32.0 Å². The summed E-state index contributed by atoms with van der Waals surface area (Å²) in [6.45, 7) is 0.715. The van der Waals surface area contributed by atoms with E-state index in [0.29, 0.717) is 29.2 Å². The molecule has 9 heteroatoms. The van der Waals surface area contributed by atoms with Gasteiger partial charge in [0.1, 0.15) is 0 Å². The van der Waals surface area contributed by atoms with Crippen molar-refractivity contribution in [2.75, 3.05) is 30.9 Å². The Hall–Kier alpha value is -3.39. The maximum absolute atomic E-state index is 13.5. The smallest absolute Gasteiger partial charge is 0.332 e. The zero-order chi connectivity index (χ0) is 23.5. The lowest BCUT2D eigenvalue weighted by Crippen LogP contribution is -2.70. The van der Waals surface area contributed by atoms with E-state index in [-0.39, 0.29) is 18.4 Å². The number of benzene rings is 2. The van der Waals surface area contributed by atoms with E-state index in [1.165, 1.54) is 14.1 Å². The van der Waals surface area contributed by atoms with Gasteiger partial charge in [0.25, 0.3) is 5.91 Å². The summed E-state index contributed by atoms with van der Waals surface area (Å²) in [7, 11) is 2.84. The molecule has 3 aliphatic heterocycles. The lowest BCUT2D eigenvalue weighted by molar-refractivity contribution is -0.159. The Morgan fingerprint density at radius 3 is 2.45 bits per heavy atom. The van der Waals surface area contributed by atoms with Crippen LogP contribution in [-0.2, 0) is 16.0 Å². The summed E-state index contributed by atoms with van der Waals surface area (Å²) in [6.07, 6.45) is 1.70. The second-order valence-electron chi connectivity index (χ2n) is 8.79. The average molecular weight is 467 g/mol. The van der Waals surface area contributed by atoms with Crippen LogP contribution >= 0.6 is 11.6 Å². The highest BCUT2D eigenvalue weighted by molar-refractivity contribution is 6.34. The first-order chi connectivity index (χ1) is 15.8. The first-order valence-electron chi connectivity index (χ1n) is 10.8. The summed E-state index contributed by atoms with van der Waals surface area (Å²) in [5.74, 6) is -1.28. The first-order valence-corrected chi connectivity index (χ1v) is 11.2. The Labute approximate surface area is 196 Å². The van der Waals surface area contributed by atoms with Crippen LogP contribution in [0.25, 0.3) is 0 Å². The highest BCUT2D eigenvalue weighted by Crippen LogP contribution is 2.49. The highest BCUT2D eigenvalue weighted by Gasteiger charge is 2.63. The number of hydrogen-bond acceptors (Lipinski definition) is 5. The molecule has 0 unspecified atom stereocenters. The summed E-state index contributed by atoms with van der Waals surface area (Å²) < 4.78 is 0. The van der Waals surface area contributed by atoms with Crippen molar-refractivity contribution in [3.05, 3.63) is 58.6 Å². The minimum absolute atomic E-state index is 0.166. The van der Waals surface area contributed by atoms with Gasteiger partial charge in [-0.25, -0.2) is 4.79 Å². The largest absolute Gasteiger partial charge is 0.367 e. The van der Waals surface area contributed by atoms with E-state index >= 15 is 0 Å². The molecule has 1 spiro atoms. The molecule has 33 heavy (non-hydrogen) atoms. The molecule has 2 aromatic carbocycles. The molecule has 0 radical (unpaired) electrons. The van der Waals surface area contributed by atoms with Gasteiger partial charge < -0.3 is 10.2 Å². The Kier molecular flexibility index (Phi) is 4.93. The monoisotopic (exact) mass is 466 g/mol. The fourth-order valence-corrected chi connectivity index (χ4v) is 5.66. The maximum atomic E-state index is 13.5. The van der Waals surface area contributed by atoms with Crippen molar-refractivity contribution in [1.82, 2.24) is 9.80 Å². The van der Waals surface area contributed by atoms with E-state index in [1.54, 1.807) is 30.3 Å². The number of carbonyl (C=O) groups excluding carboxylic acids is 4. The molecule has 1 atom stereocenters. The number of amides is 5. The van der Waals surface area contributed by atoms with Crippen molar-refractivity contribution in [3.8, 4) is 0 Å². The van der Waals surface area contributed by atoms with Gasteiger partial charge in [-0.1, -0.05) is 23.7 Å². The molecule has 1 N–H and O–H groups in total. The number of nitrogens with zero attached hydrogens (tertiary/aromatic N) is 3. The standard InChI is InChI=1S/C24H23ClN4O4/c1-27-21(31)24(22(32)28(2)23(27)33)13-14-12-15(9-10-18(14)29-11-5-8-19(24)29)26-20(30)16-6-3-4-7-17(16)25/h3-4,6-7,9-10,12,19H,5,8,11,13H2,1-2H3,(H,26,30)/t19-/m0/s1. The lowest BCUT2D eigenvalue weighted by Gasteiger charge is -2.50. The molecule has 0 aliphatic carbocycles. The average Bonchev–Trinajstić information content (AvgIpc) is 3.31. The molecule has 3 aliphatic rings. The fourth-order valence-electron chi connectivity index (χ4n) is 5.44. The Morgan fingerprint density at radius 2 is 1.76 bits per heavy atom. The Bertz CT molecular complexity index is 1190. The van der Waals surface area contributed by atoms with Gasteiger partial charge in [-0.15, -0.1) is 0 Å². The van der Waals surface area contributed by atoms with E-state index in [1.807, 2.05) is 12.1 Å². The minimum Gasteiger partial charge on any atom is -0.367 e. The summed E-state index contributed by atoms with van der Waals surface area (Å²) in [5, 5.41) is 3.21. The molecule has 3 heterocycles. The molecule has 0 aromatic heterocycles. The number of anilines is 2. The van der Waals surface area contributed by atoms with Crippen molar-refractivity contribution in [2.45, 2.75) is 25.3 Å². The van der Waals surface area contributed by atoms with Crippen LogP contribution in [0.5, 0.6) is 0 Å².